The third-order valence-electron chi connectivity index (χ3n) is 1.63. The Morgan fingerprint density at radius 2 is 2.44 bits per heavy atom. The highest BCUT2D eigenvalue weighted by atomic mass is 15.0. The summed E-state index contributed by atoms with van der Waals surface area (Å²) in [7, 11) is 0. The van der Waals surface area contributed by atoms with Crippen molar-refractivity contribution >= 4 is 5.70 Å². The lowest BCUT2D eigenvalue weighted by molar-refractivity contribution is 0.847. The summed E-state index contributed by atoms with van der Waals surface area (Å²) in [6.07, 6.45) is 4.06. The lowest BCUT2D eigenvalue weighted by Crippen LogP contribution is -1.94. The molecular weight excluding hydrogens is 112 g/mol. The molecule has 2 nitrogen and oxygen atoms in total. The Morgan fingerprint density at radius 3 is 3.22 bits per heavy atom. The monoisotopic (exact) mass is 120 g/mol. The largest absolute Gasteiger partial charge is 0.397 e. The van der Waals surface area contributed by atoms with Crippen LogP contribution >= 0.6 is 0 Å². The van der Waals surface area contributed by atoms with Gasteiger partial charge in [0.1, 0.15) is 0 Å². The zero-order chi connectivity index (χ0) is 6.27. The first-order chi connectivity index (χ1) is 4.38. The van der Waals surface area contributed by atoms with E-state index in [9.17, 15) is 0 Å². The summed E-state index contributed by atoms with van der Waals surface area (Å²) in [6, 6.07) is 4.04. The SMILES string of the molecule is NC1=CCn2cccc21. The zero-order valence-electron chi connectivity index (χ0n) is 5.04. The van der Waals surface area contributed by atoms with Crippen molar-refractivity contribution in [2.45, 2.75) is 6.54 Å². The van der Waals surface area contributed by atoms with Crippen molar-refractivity contribution in [3.05, 3.63) is 30.1 Å². The Morgan fingerprint density at radius 1 is 1.56 bits per heavy atom. The van der Waals surface area contributed by atoms with Gasteiger partial charge in [0.2, 0.25) is 0 Å². The van der Waals surface area contributed by atoms with Crippen molar-refractivity contribution in [1.29, 1.82) is 0 Å². The lowest BCUT2D eigenvalue weighted by atomic mass is 10.3. The van der Waals surface area contributed by atoms with Crippen LogP contribution in [0, 0.1) is 0 Å². The number of nitrogens with zero attached hydrogens (tertiary/aromatic N) is 1. The zero-order valence-corrected chi connectivity index (χ0v) is 5.04. The summed E-state index contributed by atoms with van der Waals surface area (Å²) < 4.78 is 2.12. The fraction of sp³-hybridized carbons (Fsp3) is 0.143. The van der Waals surface area contributed by atoms with Crippen LogP contribution in [-0.4, -0.2) is 4.57 Å². The highest BCUT2D eigenvalue weighted by molar-refractivity contribution is 5.62. The molecule has 0 aliphatic carbocycles. The number of nitrogens with two attached hydrogens (primary N) is 1. The van der Waals surface area contributed by atoms with Gasteiger partial charge < -0.3 is 10.3 Å². The van der Waals surface area contributed by atoms with Crippen LogP contribution in [-0.2, 0) is 6.54 Å². The van der Waals surface area contributed by atoms with Crippen LogP contribution in [0.3, 0.4) is 0 Å². The Bertz CT molecular complexity index is 258. The number of hydrogen-bond acceptors (Lipinski definition) is 1. The van der Waals surface area contributed by atoms with E-state index in [1.54, 1.807) is 0 Å². The molecule has 0 spiro atoms. The molecule has 0 radical (unpaired) electrons. The molecule has 0 fully saturated rings. The fourth-order valence-electron chi connectivity index (χ4n) is 1.14. The first kappa shape index (κ1) is 4.68. The quantitative estimate of drug-likeness (QED) is 0.539. The fourth-order valence-corrected chi connectivity index (χ4v) is 1.14. The van der Waals surface area contributed by atoms with E-state index in [1.165, 1.54) is 0 Å². The summed E-state index contributed by atoms with van der Waals surface area (Å²) in [5.74, 6) is 0. The smallest absolute Gasteiger partial charge is 0.0640 e. The summed E-state index contributed by atoms with van der Waals surface area (Å²) in [4.78, 5) is 0. The predicted octanol–water partition coefficient (Wildman–Crippen LogP) is 0.801. The van der Waals surface area contributed by atoms with Crippen LogP contribution in [0.15, 0.2) is 24.4 Å². The molecule has 0 saturated carbocycles. The molecule has 0 saturated heterocycles. The molecule has 1 aliphatic heterocycles. The van der Waals surface area contributed by atoms with E-state index in [-0.39, 0.29) is 0 Å². The maximum atomic E-state index is 5.63. The van der Waals surface area contributed by atoms with E-state index in [2.05, 4.69) is 4.57 Å². The maximum absolute atomic E-state index is 5.63. The van der Waals surface area contributed by atoms with Gasteiger partial charge in [-0.1, -0.05) is 0 Å². The van der Waals surface area contributed by atoms with Crippen LogP contribution < -0.4 is 5.73 Å². The second-order valence-corrected chi connectivity index (χ2v) is 2.21. The van der Waals surface area contributed by atoms with Gasteiger partial charge in [-0.05, 0) is 18.2 Å². The maximum Gasteiger partial charge on any atom is 0.0640 e. The van der Waals surface area contributed by atoms with Gasteiger partial charge in [-0.15, -0.1) is 0 Å². The molecule has 0 bridgehead atoms. The van der Waals surface area contributed by atoms with Crippen LogP contribution in [0.1, 0.15) is 5.69 Å². The lowest BCUT2D eigenvalue weighted by Gasteiger charge is -1.93. The van der Waals surface area contributed by atoms with E-state index in [0.717, 1.165) is 17.9 Å². The van der Waals surface area contributed by atoms with Gasteiger partial charge in [0.05, 0.1) is 11.4 Å². The number of hydrogen-bond donors (Lipinski definition) is 1. The van der Waals surface area contributed by atoms with Crippen molar-refractivity contribution in [2.75, 3.05) is 0 Å². The molecule has 0 unspecified atom stereocenters. The number of allylic oxidation sites excluding steroid dienone is 1. The van der Waals surface area contributed by atoms with E-state index in [0.29, 0.717) is 0 Å². The molecule has 0 atom stereocenters. The number of rotatable bonds is 0. The van der Waals surface area contributed by atoms with Gasteiger partial charge >= 0.3 is 0 Å². The standard InChI is InChI=1S/C7H8N2/c8-6-3-5-9-4-1-2-7(6)9/h1-4H,5,8H2. The molecular formula is C7H8N2. The van der Waals surface area contributed by atoms with Crippen molar-refractivity contribution in [2.24, 2.45) is 5.73 Å². The second-order valence-electron chi connectivity index (χ2n) is 2.21. The van der Waals surface area contributed by atoms with Gasteiger partial charge in [0.15, 0.2) is 0 Å². The molecule has 46 valence electrons. The second kappa shape index (κ2) is 1.41. The average Bonchev–Trinajstić information content (AvgIpc) is 2.35. The molecule has 2 heteroatoms. The molecule has 1 aliphatic rings. The van der Waals surface area contributed by atoms with Gasteiger partial charge in [-0.2, -0.15) is 0 Å². The summed E-state index contributed by atoms with van der Waals surface area (Å²) in [5, 5.41) is 0. The molecule has 0 amide bonds. The van der Waals surface area contributed by atoms with Crippen molar-refractivity contribution in [3.63, 3.8) is 0 Å². The Kier molecular flexibility index (Phi) is 0.730. The Labute approximate surface area is 53.6 Å². The molecule has 2 N–H and O–H groups in total. The van der Waals surface area contributed by atoms with Crippen molar-refractivity contribution < 1.29 is 0 Å². The first-order valence-corrected chi connectivity index (χ1v) is 2.99. The molecule has 2 heterocycles. The van der Waals surface area contributed by atoms with Gasteiger partial charge in [-0.3, -0.25) is 0 Å². The molecule has 2 rings (SSSR count). The van der Waals surface area contributed by atoms with Crippen LogP contribution in [0.5, 0.6) is 0 Å². The number of aromatic nitrogens is 1. The van der Waals surface area contributed by atoms with Gasteiger partial charge in [-0.25, -0.2) is 0 Å². The third kappa shape index (κ3) is 0.499. The van der Waals surface area contributed by atoms with Crippen LogP contribution in [0.25, 0.3) is 5.70 Å². The predicted molar refractivity (Wildman–Crippen MR) is 36.6 cm³/mol. The van der Waals surface area contributed by atoms with Gasteiger partial charge in [0, 0.05) is 12.7 Å². The van der Waals surface area contributed by atoms with E-state index in [4.69, 9.17) is 5.73 Å². The Balaban J connectivity index is 2.62. The highest BCUT2D eigenvalue weighted by Gasteiger charge is 2.07. The van der Waals surface area contributed by atoms with Gasteiger partial charge in [0.25, 0.3) is 0 Å². The molecule has 9 heavy (non-hydrogen) atoms. The molecule has 1 aromatic heterocycles. The summed E-state index contributed by atoms with van der Waals surface area (Å²) >= 11 is 0. The minimum atomic E-state index is 0.903. The van der Waals surface area contributed by atoms with E-state index < -0.39 is 0 Å². The highest BCUT2D eigenvalue weighted by Crippen LogP contribution is 2.16. The van der Waals surface area contributed by atoms with Crippen LogP contribution in [0.2, 0.25) is 0 Å². The number of fused-ring (bicyclic) bond motifs is 1. The third-order valence-corrected chi connectivity index (χ3v) is 1.63. The minimum Gasteiger partial charge on any atom is -0.397 e. The van der Waals surface area contributed by atoms with Crippen molar-refractivity contribution in [1.82, 2.24) is 4.57 Å². The normalized spacial score (nSPS) is 15.3. The average molecular weight is 120 g/mol. The first-order valence-electron chi connectivity index (χ1n) is 2.99. The topological polar surface area (TPSA) is 30.9 Å². The molecule has 1 aromatic rings. The summed E-state index contributed by atoms with van der Waals surface area (Å²) in [5.41, 5.74) is 7.68. The molecule has 0 aromatic carbocycles. The Hall–Kier alpha value is -1.18. The van der Waals surface area contributed by atoms with E-state index >= 15 is 0 Å². The minimum absolute atomic E-state index is 0.903. The van der Waals surface area contributed by atoms with Crippen LogP contribution in [0.4, 0.5) is 0 Å². The summed E-state index contributed by atoms with van der Waals surface area (Å²) in [6.45, 7) is 0.939. The van der Waals surface area contributed by atoms with Crippen molar-refractivity contribution in [3.8, 4) is 0 Å². The van der Waals surface area contributed by atoms with E-state index in [1.807, 2.05) is 24.4 Å².